The predicted octanol–water partition coefficient (Wildman–Crippen LogP) is 4.56. The highest BCUT2D eigenvalue weighted by atomic mass is 15.1. The summed E-state index contributed by atoms with van der Waals surface area (Å²) in [6.45, 7) is 2.28. The molecule has 5 heteroatoms. The standard InChI is InChI=1S/C20H29N5/c1-2-3-4-5-14-6-8-15(9-7-14)16-10-12-17(13-11-16)18-23-19(21)25-20(22)24-18/h10-15H,2-9H2,1H3,(H4,21,22,23,24,25). The molecule has 1 aliphatic rings. The van der Waals surface area contributed by atoms with Gasteiger partial charge in [-0.15, -0.1) is 0 Å². The van der Waals surface area contributed by atoms with Gasteiger partial charge in [0.25, 0.3) is 0 Å². The van der Waals surface area contributed by atoms with Crippen LogP contribution in [-0.4, -0.2) is 15.0 Å². The Labute approximate surface area is 150 Å². The molecule has 1 aromatic heterocycles. The number of anilines is 2. The van der Waals surface area contributed by atoms with Crippen LogP contribution in [0.2, 0.25) is 0 Å². The normalized spacial score (nSPS) is 20.5. The van der Waals surface area contributed by atoms with Gasteiger partial charge in [-0.25, -0.2) is 0 Å². The van der Waals surface area contributed by atoms with Gasteiger partial charge in [0.15, 0.2) is 5.82 Å². The summed E-state index contributed by atoms with van der Waals surface area (Å²) in [7, 11) is 0. The zero-order valence-corrected chi connectivity index (χ0v) is 15.1. The molecule has 5 nitrogen and oxygen atoms in total. The maximum Gasteiger partial charge on any atom is 0.225 e. The molecule has 0 saturated heterocycles. The van der Waals surface area contributed by atoms with E-state index >= 15 is 0 Å². The molecular formula is C20H29N5. The van der Waals surface area contributed by atoms with E-state index in [0.29, 0.717) is 11.7 Å². The van der Waals surface area contributed by atoms with Gasteiger partial charge in [0, 0.05) is 5.56 Å². The highest BCUT2D eigenvalue weighted by molar-refractivity contribution is 5.57. The van der Waals surface area contributed by atoms with Crippen LogP contribution in [0.4, 0.5) is 11.9 Å². The lowest BCUT2D eigenvalue weighted by molar-refractivity contribution is 0.303. The van der Waals surface area contributed by atoms with E-state index in [-0.39, 0.29) is 11.9 Å². The van der Waals surface area contributed by atoms with E-state index in [1.165, 1.54) is 56.9 Å². The number of nitrogen functional groups attached to an aromatic ring is 2. The van der Waals surface area contributed by atoms with E-state index in [4.69, 9.17) is 11.5 Å². The number of hydrogen-bond acceptors (Lipinski definition) is 5. The van der Waals surface area contributed by atoms with Gasteiger partial charge in [-0.3, -0.25) is 0 Å². The number of benzene rings is 1. The van der Waals surface area contributed by atoms with Crippen LogP contribution in [0.25, 0.3) is 11.4 Å². The molecule has 1 heterocycles. The fraction of sp³-hybridized carbons (Fsp3) is 0.550. The molecule has 0 aliphatic heterocycles. The molecule has 2 aromatic rings. The third-order valence-corrected chi connectivity index (χ3v) is 5.37. The zero-order valence-electron chi connectivity index (χ0n) is 15.1. The van der Waals surface area contributed by atoms with Crippen LogP contribution in [0.5, 0.6) is 0 Å². The summed E-state index contributed by atoms with van der Waals surface area (Å²) in [5, 5.41) is 0. The molecule has 1 fully saturated rings. The van der Waals surface area contributed by atoms with E-state index in [9.17, 15) is 0 Å². The fourth-order valence-corrected chi connectivity index (χ4v) is 3.91. The topological polar surface area (TPSA) is 90.7 Å². The Balaban J connectivity index is 1.60. The van der Waals surface area contributed by atoms with Gasteiger partial charge < -0.3 is 11.5 Å². The van der Waals surface area contributed by atoms with Gasteiger partial charge in [-0.05, 0) is 43.1 Å². The molecule has 1 aromatic carbocycles. The van der Waals surface area contributed by atoms with Crippen molar-refractivity contribution in [2.24, 2.45) is 5.92 Å². The molecule has 0 spiro atoms. The number of nitrogens with zero attached hydrogens (tertiary/aromatic N) is 3. The van der Waals surface area contributed by atoms with Crippen LogP contribution in [0.1, 0.15) is 69.8 Å². The van der Waals surface area contributed by atoms with Gasteiger partial charge in [0.05, 0.1) is 0 Å². The summed E-state index contributed by atoms with van der Waals surface area (Å²) in [6, 6.07) is 8.54. The highest BCUT2D eigenvalue weighted by Gasteiger charge is 2.22. The highest BCUT2D eigenvalue weighted by Crippen LogP contribution is 2.38. The molecule has 0 atom stereocenters. The van der Waals surface area contributed by atoms with Gasteiger partial charge in [-0.1, -0.05) is 56.9 Å². The third kappa shape index (κ3) is 4.68. The van der Waals surface area contributed by atoms with Crippen molar-refractivity contribution in [2.45, 2.75) is 64.2 Å². The molecule has 0 bridgehead atoms. The number of rotatable bonds is 6. The van der Waals surface area contributed by atoms with E-state index < -0.39 is 0 Å². The van der Waals surface area contributed by atoms with Gasteiger partial charge >= 0.3 is 0 Å². The van der Waals surface area contributed by atoms with Crippen molar-refractivity contribution in [2.75, 3.05) is 11.5 Å². The second kappa shape index (κ2) is 8.28. The molecule has 0 unspecified atom stereocenters. The SMILES string of the molecule is CCCCCC1CCC(c2ccc(-c3nc(N)nc(N)n3)cc2)CC1. The Bertz CT molecular complexity index is 655. The van der Waals surface area contributed by atoms with E-state index in [2.05, 4.69) is 46.1 Å². The third-order valence-electron chi connectivity index (χ3n) is 5.37. The lowest BCUT2D eigenvalue weighted by Gasteiger charge is -2.29. The van der Waals surface area contributed by atoms with E-state index in [1.54, 1.807) is 0 Å². The minimum Gasteiger partial charge on any atom is -0.368 e. The van der Waals surface area contributed by atoms with Crippen LogP contribution < -0.4 is 11.5 Å². The largest absolute Gasteiger partial charge is 0.368 e. The summed E-state index contributed by atoms with van der Waals surface area (Å²) in [5.41, 5.74) is 13.7. The minimum absolute atomic E-state index is 0.160. The Hall–Kier alpha value is -2.17. The van der Waals surface area contributed by atoms with Crippen molar-refractivity contribution < 1.29 is 0 Å². The Morgan fingerprint density at radius 2 is 1.52 bits per heavy atom. The fourth-order valence-electron chi connectivity index (χ4n) is 3.91. The van der Waals surface area contributed by atoms with Crippen molar-refractivity contribution in [1.82, 2.24) is 15.0 Å². The molecule has 1 saturated carbocycles. The van der Waals surface area contributed by atoms with Crippen LogP contribution in [0, 0.1) is 5.92 Å². The Morgan fingerprint density at radius 1 is 0.880 bits per heavy atom. The average Bonchev–Trinajstić information content (AvgIpc) is 2.62. The van der Waals surface area contributed by atoms with Crippen molar-refractivity contribution in [3.8, 4) is 11.4 Å². The summed E-state index contributed by atoms with van der Waals surface area (Å²) >= 11 is 0. The summed E-state index contributed by atoms with van der Waals surface area (Å²) in [4.78, 5) is 12.2. The molecular weight excluding hydrogens is 310 g/mol. The van der Waals surface area contributed by atoms with Crippen LogP contribution in [0.15, 0.2) is 24.3 Å². The van der Waals surface area contributed by atoms with Gasteiger partial charge in [-0.2, -0.15) is 15.0 Å². The van der Waals surface area contributed by atoms with Crippen LogP contribution in [-0.2, 0) is 0 Å². The van der Waals surface area contributed by atoms with Gasteiger partial charge in [0.1, 0.15) is 0 Å². The van der Waals surface area contributed by atoms with Crippen LogP contribution >= 0.6 is 0 Å². The maximum atomic E-state index is 5.66. The second-order valence-electron chi connectivity index (χ2n) is 7.21. The molecule has 4 N–H and O–H groups in total. The first-order valence-corrected chi connectivity index (χ1v) is 9.53. The molecule has 134 valence electrons. The van der Waals surface area contributed by atoms with Gasteiger partial charge in [0.2, 0.25) is 11.9 Å². The first kappa shape index (κ1) is 17.6. The van der Waals surface area contributed by atoms with E-state index in [0.717, 1.165) is 11.5 Å². The lowest BCUT2D eigenvalue weighted by Crippen LogP contribution is -2.13. The maximum absolute atomic E-state index is 5.66. The molecule has 25 heavy (non-hydrogen) atoms. The van der Waals surface area contributed by atoms with Crippen molar-refractivity contribution in [3.63, 3.8) is 0 Å². The predicted molar refractivity (Wildman–Crippen MR) is 103 cm³/mol. The summed E-state index contributed by atoms with van der Waals surface area (Å²) in [5.74, 6) is 2.49. The number of nitrogens with two attached hydrogens (primary N) is 2. The Morgan fingerprint density at radius 3 is 2.12 bits per heavy atom. The van der Waals surface area contributed by atoms with Crippen LogP contribution in [0.3, 0.4) is 0 Å². The van der Waals surface area contributed by atoms with Crippen molar-refractivity contribution in [3.05, 3.63) is 29.8 Å². The lowest BCUT2D eigenvalue weighted by atomic mass is 9.77. The Kier molecular flexibility index (Phi) is 5.84. The monoisotopic (exact) mass is 339 g/mol. The summed E-state index contributed by atoms with van der Waals surface area (Å²) in [6.07, 6.45) is 10.9. The molecule has 0 radical (unpaired) electrons. The minimum atomic E-state index is 0.160. The zero-order chi connectivity index (χ0) is 17.6. The summed E-state index contributed by atoms with van der Waals surface area (Å²) < 4.78 is 0. The quantitative estimate of drug-likeness (QED) is 0.753. The number of hydrogen-bond donors (Lipinski definition) is 2. The van der Waals surface area contributed by atoms with Crippen molar-refractivity contribution in [1.29, 1.82) is 0 Å². The molecule has 1 aliphatic carbocycles. The van der Waals surface area contributed by atoms with E-state index in [1.807, 2.05) is 0 Å². The number of aromatic nitrogens is 3. The number of unbranched alkanes of at least 4 members (excludes halogenated alkanes) is 2. The molecule has 0 amide bonds. The average molecular weight is 339 g/mol. The molecule has 3 rings (SSSR count). The van der Waals surface area contributed by atoms with Crippen molar-refractivity contribution >= 4 is 11.9 Å². The first-order valence-electron chi connectivity index (χ1n) is 9.53. The first-order chi connectivity index (χ1) is 12.2. The smallest absolute Gasteiger partial charge is 0.225 e. The second-order valence-corrected chi connectivity index (χ2v) is 7.21.